The second kappa shape index (κ2) is 14.0. The Morgan fingerprint density at radius 3 is 2.22 bits per heavy atom. The average Bonchev–Trinajstić information content (AvgIpc) is 2.99. The standard InChI is InChI=1S/C35H34O6/c1-41-32-23-31(39)33(35(40)34(32)30(38)22-16-25-11-6-3-7-12-25)29(26-17-20-28(37)21-18-26)14-8-13-27(36)19-15-24-9-4-2-5-10-24/h2-12,14,16-18,20-23,27,29,36-37,39-40H,13,15,19H2,1H3/t27-,29+/m1/s1. The molecule has 0 bridgehead atoms. The molecule has 0 fully saturated rings. The van der Waals surface area contributed by atoms with Gasteiger partial charge in [-0.3, -0.25) is 4.79 Å². The number of aryl methyl sites for hydroxylation is 1. The number of carbonyl (C=O) groups is 1. The molecule has 4 rings (SSSR count). The molecular weight excluding hydrogens is 516 g/mol. The molecule has 0 aromatic heterocycles. The molecule has 4 aromatic rings. The van der Waals surface area contributed by atoms with Crippen molar-refractivity contribution in [2.45, 2.75) is 31.3 Å². The summed E-state index contributed by atoms with van der Waals surface area (Å²) < 4.78 is 5.35. The highest BCUT2D eigenvalue weighted by Crippen LogP contribution is 2.45. The number of ketones is 1. The van der Waals surface area contributed by atoms with Gasteiger partial charge in [-0.05, 0) is 54.2 Å². The Balaban J connectivity index is 1.66. The van der Waals surface area contributed by atoms with Crippen molar-refractivity contribution in [2.75, 3.05) is 7.11 Å². The molecule has 0 aliphatic carbocycles. The minimum Gasteiger partial charge on any atom is -0.508 e. The zero-order chi connectivity index (χ0) is 29.2. The van der Waals surface area contributed by atoms with Crippen molar-refractivity contribution >= 4 is 11.9 Å². The molecule has 0 heterocycles. The van der Waals surface area contributed by atoms with Gasteiger partial charge in [-0.15, -0.1) is 0 Å². The third-order valence-corrected chi connectivity index (χ3v) is 6.88. The summed E-state index contributed by atoms with van der Waals surface area (Å²) in [7, 11) is 1.36. The molecule has 0 aliphatic heterocycles. The largest absolute Gasteiger partial charge is 0.508 e. The SMILES string of the molecule is COc1cc(O)c([C@@H](C=CC[C@@H](O)CCc2ccccc2)c2ccc(O)cc2)c(O)c1C(=O)C=Cc1ccccc1. The summed E-state index contributed by atoms with van der Waals surface area (Å²) in [5.41, 5.74) is 2.65. The fourth-order valence-electron chi connectivity index (χ4n) is 4.70. The minimum atomic E-state index is -0.688. The minimum absolute atomic E-state index is 0.0382. The second-order valence-electron chi connectivity index (χ2n) is 9.75. The van der Waals surface area contributed by atoms with E-state index in [0.717, 1.165) is 17.5 Å². The van der Waals surface area contributed by atoms with Crippen molar-refractivity contribution in [3.8, 4) is 23.0 Å². The van der Waals surface area contributed by atoms with Crippen molar-refractivity contribution in [1.82, 2.24) is 0 Å². The summed E-state index contributed by atoms with van der Waals surface area (Å²) in [6.07, 6.45) is 7.63. The molecule has 41 heavy (non-hydrogen) atoms. The number of benzene rings is 4. The number of aliphatic hydroxyl groups excluding tert-OH is 1. The predicted molar refractivity (Wildman–Crippen MR) is 161 cm³/mol. The van der Waals surface area contributed by atoms with E-state index in [4.69, 9.17) is 4.74 Å². The van der Waals surface area contributed by atoms with Gasteiger partial charge in [0.1, 0.15) is 28.6 Å². The summed E-state index contributed by atoms with van der Waals surface area (Å²) in [6, 6.07) is 26.9. The molecule has 210 valence electrons. The fourth-order valence-corrected chi connectivity index (χ4v) is 4.70. The molecule has 0 amide bonds. The first-order chi connectivity index (χ1) is 19.9. The van der Waals surface area contributed by atoms with Gasteiger partial charge in [0, 0.05) is 17.5 Å². The molecule has 0 aliphatic rings. The van der Waals surface area contributed by atoms with Gasteiger partial charge in [-0.25, -0.2) is 0 Å². The van der Waals surface area contributed by atoms with Crippen molar-refractivity contribution in [3.63, 3.8) is 0 Å². The number of hydrogen-bond acceptors (Lipinski definition) is 6. The van der Waals surface area contributed by atoms with E-state index in [-0.39, 0.29) is 28.4 Å². The highest BCUT2D eigenvalue weighted by molar-refractivity contribution is 6.11. The summed E-state index contributed by atoms with van der Waals surface area (Å²) in [5.74, 6) is -1.73. The van der Waals surface area contributed by atoms with E-state index in [1.807, 2.05) is 60.7 Å². The van der Waals surface area contributed by atoms with E-state index in [1.54, 1.807) is 30.4 Å². The highest BCUT2D eigenvalue weighted by Gasteiger charge is 2.27. The van der Waals surface area contributed by atoms with Crippen LogP contribution in [0.2, 0.25) is 0 Å². The Labute approximate surface area is 240 Å². The van der Waals surface area contributed by atoms with Crippen LogP contribution in [0.3, 0.4) is 0 Å². The zero-order valence-corrected chi connectivity index (χ0v) is 22.9. The number of ether oxygens (including phenoxy) is 1. The normalized spacial score (nSPS) is 12.9. The van der Waals surface area contributed by atoms with Crippen LogP contribution in [-0.4, -0.2) is 39.4 Å². The Bertz CT molecular complexity index is 1490. The maximum Gasteiger partial charge on any atom is 0.193 e. The van der Waals surface area contributed by atoms with Crippen LogP contribution in [0.1, 0.15) is 51.4 Å². The number of phenols is 3. The van der Waals surface area contributed by atoms with E-state index >= 15 is 0 Å². The lowest BCUT2D eigenvalue weighted by Crippen LogP contribution is -2.08. The van der Waals surface area contributed by atoms with Crippen molar-refractivity contribution in [2.24, 2.45) is 0 Å². The molecular formula is C35H34O6. The molecule has 0 saturated carbocycles. The quantitative estimate of drug-likeness (QED) is 0.0880. The maximum absolute atomic E-state index is 13.3. The molecule has 6 nitrogen and oxygen atoms in total. The van der Waals surface area contributed by atoms with Gasteiger partial charge >= 0.3 is 0 Å². The number of allylic oxidation sites excluding steroid dienone is 2. The molecule has 2 atom stereocenters. The van der Waals surface area contributed by atoms with E-state index in [2.05, 4.69) is 0 Å². The average molecular weight is 551 g/mol. The number of phenolic OH excluding ortho intramolecular Hbond substituents is 3. The molecule has 0 saturated heterocycles. The molecule has 6 heteroatoms. The van der Waals surface area contributed by atoms with Crippen LogP contribution >= 0.6 is 0 Å². The highest BCUT2D eigenvalue weighted by atomic mass is 16.5. The van der Waals surface area contributed by atoms with E-state index in [9.17, 15) is 25.2 Å². The monoisotopic (exact) mass is 550 g/mol. The summed E-state index contributed by atoms with van der Waals surface area (Å²) in [5, 5.41) is 42.9. The van der Waals surface area contributed by atoms with Crippen LogP contribution in [-0.2, 0) is 6.42 Å². The Morgan fingerprint density at radius 1 is 0.902 bits per heavy atom. The Kier molecular flexibility index (Phi) is 9.97. The van der Waals surface area contributed by atoms with Crippen LogP contribution in [0.5, 0.6) is 23.0 Å². The second-order valence-corrected chi connectivity index (χ2v) is 9.75. The Hall–Kier alpha value is -4.81. The van der Waals surface area contributed by atoms with Gasteiger partial charge in [-0.2, -0.15) is 0 Å². The number of rotatable bonds is 12. The third kappa shape index (κ3) is 7.65. The first kappa shape index (κ1) is 29.2. The molecule has 4 N–H and O–H groups in total. The first-order valence-corrected chi connectivity index (χ1v) is 13.4. The van der Waals surface area contributed by atoms with Crippen LogP contribution in [0.4, 0.5) is 0 Å². The lowest BCUT2D eigenvalue weighted by Gasteiger charge is -2.20. The zero-order valence-electron chi connectivity index (χ0n) is 22.9. The van der Waals surface area contributed by atoms with Crippen LogP contribution in [0.15, 0.2) is 109 Å². The van der Waals surface area contributed by atoms with E-state index in [1.165, 1.54) is 31.4 Å². The van der Waals surface area contributed by atoms with Gasteiger partial charge in [0.15, 0.2) is 5.78 Å². The molecule has 0 radical (unpaired) electrons. The van der Waals surface area contributed by atoms with Crippen molar-refractivity contribution in [3.05, 3.63) is 137 Å². The van der Waals surface area contributed by atoms with Crippen LogP contribution < -0.4 is 4.74 Å². The molecule has 0 unspecified atom stereocenters. The molecule has 4 aromatic carbocycles. The number of hydrogen-bond donors (Lipinski definition) is 4. The number of aliphatic hydroxyl groups is 1. The van der Waals surface area contributed by atoms with Crippen LogP contribution in [0, 0.1) is 0 Å². The topological polar surface area (TPSA) is 107 Å². The summed E-state index contributed by atoms with van der Waals surface area (Å²) in [6.45, 7) is 0. The lowest BCUT2D eigenvalue weighted by atomic mass is 9.86. The predicted octanol–water partition coefficient (Wildman–Crippen LogP) is 6.78. The van der Waals surface area contributed by atoms with Gasteiger partial charge in [-0.1, -0.05) is 91.0 Å². The van der Waals surface area contributed by atoms with Gasteiger partial charge in [0.25, 0.3) is 0 Å². The maximum atomic E-state index is 13.3. The Morgan fingerprint density at radius 2 is 1.56 bits per heavy atom. The summed E-state index contributed by atoms with van der Waals surface area (Å²) >= 11 is 0. The molecule has 0 spiro atoms. The fraction of sp³-hybridized carbons (Fsp3) is 0.171. The lowest BCUT2D eigenvalue weighted by molar-refractivity contribution is 0.104. The van der Waals surface area contributed by atoms with Gasteiger partial charge in [0.05, 0.1) is 13.2 Å². The van der Waals surface area contributed by atoms with Crippen molar-refractivity contribution in [1.29, 1.82) is 0 Å². The van der Waals surface area contributed by atoms with Crippen molar-refractivity contribution < 1.29 is 30.0 Å². The number of carbonyl (C=O) groups excluding carboxylic acids is 1. The summed E-state index contributed by atoms with van der Waals surface area (Å²) in [4.78, 5) is 13.3. The number of aromatic hydroxyl groups is 3. The van der Waals surface area contributed by atoms with E-state index in [0.29, 0.717) is 18.4 Å². The number of methoxy groups -OCH3 is 1. The first-order valence-electron chi connectivity index (χ1n) is 13.4. The smallest absolute Gasteiger partial charge is 0.193 e. The third-order valence-electron chi connectivity index (χ3n) is 6.88. The van der Waals surface area contributed by atoms with Gasteiger partial charge in [0.2, 0.25) is 0 Å². The van der Waals surface area contributed by atoms with Crippen LogP contribution in [0.25, 0.3) is 6.08 Å². The van der Waals surface area contributed by atoms with E-state index < -0.39 is 23.6 Å². The van der Waals surface area contributed by atoms with Gasteiger partial charge < -0.3 is 25.2 Å².